The van der Waals surface area contributed by atoms with Gasteiger partial charge in [-0.05, 0) is 25.8 Å². The van der Waals surface area contributed by atoms with E-state index in [2.05, 4.69) is 5.32 Å². The Hall–Kier alpha value is -1.14. The number of amides is 1. The number of methoxy groups -OCH3 is 1. The van der Waals surface area contributed by atoms with E-state index in [-0.39, 0.29) is 24.4 Å². The lowest BCUT2D eigenvalue weighted by atomic mass is 9.76. The summed E-state index contributed by atoms with van der Waals surface area (Å²) in [5.74, 6) is -0.789. The van der Waals surface area contributed by atoms with Crippen molar-refractivity contribution >= 4 is 11.9 Å². The predicted molar refractivity (Wildman–Crippen MR) is 75.4 cm³/mol. The van der Waals surface area contributed by atoms with Crippen LogP contribution in [0.5, 0.6) is 0 Å². The van der Waals surface area contributed by atoms with Crippen LogP contribution in [0.3, 0.4) is 0 Å². The summed E-state index contributed by atoms with van der Waals surface area (Å²) in [6.45, 7) is 7.53. The van der Waals surface area contributed by atoms with Gasteiger partial charge < -0.3 is 15.2 Å². The molecule has 0 aromatic rings. The smallest absolute Gasteiger partial charge is 0.311 e. The summed E-state index contributed by atoms with van der Waals surface area (Å²) in [7, 11) is 1.59. The van der Waals surface area contributed by atoms with Gasteiger partial charge in [-0.15, -0.1) is 0 Å². The molecule has 0 radical (unpaired) electrons. The monoisotopic (exact) mass is 286 g/mol. The molecule has 1 heterocycles. The first-order valence-corrected chi connectivity index (χ1v) is 7.06. The van der Waals surface area contributed by atoms with Crippen molar-refractivity contribution in [1.82, 2.24) is 10.2 Å². The molecule has 0 aromatic heterocycles. The molecule has 20 heavy (non-hydrogen) atoms. The second kappa shape index (κ2) is 7.04. The Morgan fingerprint density at radius 3 is 2.50 bits per heavy atom. The number of nitrogens with one attached hydrogen (secondary N) is 1. The summed E-state index contributed by atoms with van der Waals surface area (Å²) >= 11 is 0. The van der Waals surface area contributed by atoms with E-state index in [0.717, 1.165) is 0 Å². The number of nitrogens with zero attached hydrogens (tertiary/aromatic N) is 1. The fourth-order valence-corrected chi connectivity index (χ4v) is 2.76. The Morgan fingerprint density at radius 1 is 1.40 bits per heavy atom. The highest BCUT2D eigenvalue weighted by Gasteiger charge is 2.47. The number of rotatable bonds is 7. The van der Waals surface area contributed by atoms with Crippen LogP contribution in [-0.4, -0.2) is 61.3 Å². The number of carbonyl (C=O) groups excluding carboxylic acids is 1. The highest BCUT2D eigenvalue weighted by molar-refractivity contribution is 5.79. The zero-order valence-electron chi connectivity index (χ0n) is 12.8. The molecular formula is C14H26N2O4. The van der Waals surface area contributed by atoms with Crippen molar-refractivity contribution in [2.45, 2.75) is 33.2 Å². The van der Waals surface area contributed by atoms with Gasteiger partial charge in [0.05, 0.1) is 18.6 Å². The molecule has 1 rings (SSSR count). The predicted octanol–water partition coefficient (Wildman–Crippen LogP) is 0.570. The van der Waals surface area contributed by atoms with E-state index >= 15 is 0 Å². The van der Waals surface area contributed by atoms with Gasteiger partial charge in [-0.2, -0.15) is 0 Å². The molecule has 116 valence electrons. The molecular weight excluding hydrogens is 260 g/mol. The van der Waals surface area contributed by atoms with Crippen LogP contribution in [0.15, 0.2) is 0 Å². The molecule has 2 N–H and O–H groups in total. The summed E-state index contributed by atoms with van der Waals surface area (Å²) in [5.41, 5.74) is -0.724. The number of aliphatic carboxylic acids is 1. The third kappa shape index (κ3) is 3.93. The van der Waals surface area contributed by atoms with Gasteiger partial charge >= 0.3 is 5.97 Å². The van der Waals surface area contributed by atoms with Gasteiger partial charge in [-0.3, -0.25) is 14.5 Å². The zero-order chi connectivity index (χ0) is 15.3. The molecule has 1 aliphatic rings. The fourth-order valence-electron chi connectivity index (χ4n) is 2.76. The molecule has 0 spiro atoms. The maximum absolute atomic E-state index is 11.9. The van der Waals surface area contributed by atoms with Gasteiger partial charge in [0.25, 0.3) is 0 Å². The van der Waals surface area contributed by atoms with Crippen molar-refractivity contribution in [2.24, 2.45) is 11.3 Å². The average Bonchev–Trinajstić information content (AvgIpc) is 2.74. The van der Waals surface area contributed by atoms with Crippen LogP contribution in [-0.2, 0) is 14.3 Å². The quantitative estimate of drug-likeness (QED) is 0.715. The molecule has 1 saturated heterocycles. The van der Waals surface area contributed by atoms with Crippen LogP contribution < -0.4 is 5.32 Å². The van der Waals surface area contributed by atoms with Gasteiger partial charge in [0, 0.05) is 19.7 Å². The first-order chi connectivity index (χ1) is 9.31. The summed E-state index contributed by atoms with van der Waals surface area (Å²) in [6, 6.07) is -0.0376. The Balaban J connectivity index is 2.52. The van der Waals surface area contributed by atoms with Crippen molar-refractivity contribution in [3.8, 4) is 0 Å². The summed E-state index contributed by atoms with van der Waals surface area (Å²) in [6.07, 6.45) is 0.598. The normalized spacial score (nSPS) is 24.9. The summed E-state index contributed by atoms with van der Waals surface area (Å²) in [5, 5.41) is 12.3. The number of ether oxygens (including phenoxy) is 1. The van der Waals surface area contributed by atoms with Crippen LogP contribution >= 0.6 is 0 Å². The lowest BCUT2D eigenvalue weighted by Gasteiger charge is -2.28. The highest BCUT2D eigenvalue weighted by atomic mass is 16.5. The van der Waals surface area contributed by atoms with Crippen molar-refractivity contribution in [1.29, 1.82) is 0 Å². The van der Waals surface area contributed by atoms with Crippen LogP contribution in [0.2, 0.25) is 0 Å². The van der Waals surface area contributed by atoms with Crippen LogP contribution in [0.25, 0.3) is 0 Å². The van der Waals surface area contributed by atoms with Crippen LogP contribution in [0, 0.1) is 11.3 Å². The summed E-state index contributed by atoms with van der Waals surface area (Å²) in [4.78, 5) is 25.3. The van der Waals surface area contributed by atoms with E-state index in [4.69, 9.17) is 4.74 Å². The van der Waals surface area contributed by atoms with Crippen LogP contribution in [0.1, 0.15) is 27.2 Å². The first kappa shape index (κ1) is 16.9. The lowest BCUT2D eigenvalue weighted by Crippen LogP contribution is -2.44. The van der Waals surface area contributed by atoms with Gasteiger partial charge in [0.2, 0.25) is 5.91 Å². The van der Waals surface area contributed by atoms with Gasteiger partial charge in [-0.25, -0.2) is 0 Å². The number of likely N-dealkylation sites (tertiary alicyclic amines) is 1. The largest absolute Gasteiger partial charge is 0.481 e. The average molecular weight is 286 g/mol. The molecule has 1 amide bonds. The number of hydrogen-bond donors (Lipinski definition) is 2. The minimum Gasteiger partial charge on any atom is -0.481 e. The second-order valence-electron chi connectivity index (χ2n) is 6.00. The Morgan fingerprint density at radius 2 is 2.05 bits per heavy atom. The maximum atomic E-state index is 11.9. The number of carboxylic acid groups (broad SMARTS) is 1. The molecule has 1 fully saturated rings. The SMILES string of the molecule is COCC(C)NC(=O)CN1CCC(C(=O)O)(C(C)C)C1. The van der Waals surface area contributed by atoms with Gasteiger partial charge in [-0.1, -0.05) is 13.8 Å². The Kier molecular flexibility index (Phi) is 5.95. The van der Waals surface area contributed by atoms with E-state index in [1.165, 1.54) is 0 Å². The molecule has 0 aromatic carbocycles. The number of carbonyl (C=O) groups is 2. The Bertz CT molecular complexity index is 359. The number of carboxylic acids is 1. The Labute approximate surface area is 120 Å². The molecule has 6 nitrogen and oxygen atoms in total. The van der Waals surface area contributed by atoms with E-state index in [0.29, 0.717) is 26.1 Å². The van der Waals surface area contributed by atoms with Crippen molar-refractivity contribution in [2.75, 3.05) is 33.4 Å². The minimum atomic E-state index is -0.761. The van der Waals surface area contributed by atoms with E-state index < -0.39 is 11.4 Å². The second-order valence-corrected chi connectivity index (χ2v) is 6.00. The third-order valence-electron chi connectivity index (χ3n) is 4.10. The van der Waals surface area contributed by atoms with Crippen LogP contribution in [0.4, 0.5) is 0 Å². The molecule has 0 aliphatic carbocycles. The fraction of sp³-hybridized carbons (Fsp3) is 0.857. The lowest BCUT2D eigenvalue weighted by molar-refractivity contribution is -0.151. The van der Waals surface area contributed by atoms with Crippen molar-refractivity contribution in [3.63, 3.8) is 0 Å². The van der Waals surface area contributed by atoms with E-state index in [9.17, 15) is 14.7 Å². The molecule has 2 atom stereocenters. The zero-order valence-corrected chi connectivity index (χ0v) is 12.8. The molecule has 0 bridgehead atoms. The number of hydrogen-bond acceptors (Lipinski definition) is 4. The molecule has 1 aliphatic heterocycles. The van der Waals surface area contributed by atoms with Gasteiger partial charge in [0.1, 0.15) is 0 Å². The molecule has 6 heteroatoms. The van der Waals surface area contributed by atoms with E-state index in [1.54, 1.807) is 7.11 Å². The standard InChI is InChI=1S/C14H26N2O4/c1-10(2)14(13(18)19)5-6-16(9-14)7-12(17)15-11(3)8-20-4/h10-11H,5-9H2,1-4H3,(H,15,17)(H,18,19). The first-order valence-electron chi connectivity index (χ1n) is 7.06. The molecule has 0 saturated carbocycles. The van der Waals surface area contributed by atoms with E-state index in [1.807, 2.05) is 25.7 Å². The van der Waals surface area contributed by atoms with Crippen molar-refractivity contribution in [3.05, 3.63) is 0 Å². The highest BCUT2D eigenvalue weighted by Crippen LogP contribution is 2.37. The topological polar surface area (TPSA) is 78.9 Å². The minimum absolute atomic E-state index is 0.0376. The third-order valence-corrected chi connectivity index (χ3v) is 4.10. The van der Waals surface area contributed by atoms with Gasteiger partial charge in [0.15, 0.2) is 0 Å². The maximum Gasteiger partial charge on any atom is 0.311 e. The molecule has 2 unspecified atom stereocenters. The van der Waals surface area contributed by atoms with Crippen molar-refractivity contribution < 1.29 is 19.4 Å². The summed E-state index contributed by atoms with van der Waals surface area (Å²) < 4.78 is 4.96.